The van der Waals surface area contributed by atoms with E-state index in [4.69, 9.17) is 10.8 Å². The maximum Gasteiger partial charge on any atom is 0.337 e. The summed E-state index contributed by atoms with van der Waals surface area (Å²) in [5, 5.41) is 11.4. The van der Waals surface area contributed by atoms with Crippen LogP contribution in [0.5, 0.6) is 0 Å². The van der Waals surface area contributed by atoms with Gasteiger partial charge in [0.2, 0.25) is 5.91 Å². The summed E-state index contributed by atoms with van der Waals surface area (Å²) < 4.78 is 0.628. The number of halogens is 1. The van der Waals surface area contributed by atoms with E-state index in [0.717, 1.165) is 0 Å². The average molecular weight is 287 g/mol. The van der Waals surface area contributed by atoms with E-state index in [1.54, 1.807) is 6.07 Å². The number of rotatable bonds is 3. The molecule has 86 valence electrons. The molecule has 0 spiro atoms. The third-order valence-electron chi connectivity index (χ3n) is 1.88. The van der Waals surface area contributed by atoms with E-state index < -0.39 is 17.9 Å². The van der Waals surface area contributed by atoms with Gasteiger partial charge in [0.1, 0.15) is 0 Å². The monoisotopic (exact) mass is 286 g/mol. The lowest BCUT2D eigenvalue weighted by Gasteiger charge is -2.10. The molecule has 1 atom stereocenters. The molecule has 0 aromatic heterocycles. The minimum absolute atomic E-state index is 0.0170. The molecule has 1 rings (SSSR count). The summed E-state index contributed by atoms with van der Waals surface area (Å²) in [5.41, 5.74) is 5.62. The molecule has 16 heavy (non-hydrogen) atoms. The Morgan fingerprint density at radius 3 is 2.62 bits per heavy atom. The lowest BCUT2D eigenvalue weighted by Crippen LogP contribution is -2.33. The molecule has 1 amide bonds. The van der Waals surface area contributed by atoms with Crippen molar-refractivity contribution in [3.05, 3.63) is 28.2 Å². The highest BCUT2D eigenvalue weighted by Gasteiger charge is 2.14. The van der Waals surface area contributed by atoms with Gasteiger partial charge in [0.25, 0.3) is 0 Å². The van der Waals surface area contributed by atoms with Crippen molar-refractivity contribution in [1.82, 2.24) is 0 Å². The van der Waals surface area contributed by atoms with Crippen LogP contribution in [0.25, 0.3) is 0 Å². The third kappa shape index (κ3) is 3.04. The van der Waals surface area contributed by atoms with Crippen LogP contribution < -0.4 is 11.1 Å². The van der Waals surface area contributed by atoms with E-state index in [2.05, 4.69) is 21.2 Å². The second kappa shape index (κ2) is 5.09. The first kappa shape index (κ1) is 12.7. The molecule has 0 aliphatic rings. The largest absolute Gasteiger partial charge is 0.478 e. The highest BCUT2D eigenvalue weighted by molar-refractivity contribution is 9.10. The first-order valence-electron chi connectivity index (χ1n) is 4.51. The molecule has 4 N–H and O–H groups in total. The molecule has 0 saturated heterocycles. The van der Waals surface area contributed by atoms with Gasteiger partial charge < -0.3 is 16.2 Å². The van der Waals surface area contributed by atoms with Crippen molar-refractivity contribution in [1.29, 1.82) is 0 Å². The lowest BCUT2D eigenvalue weighted by molar-refractivity contribution is -0.117. The van der Waals surface area contributed by atoms with E-state index in [-0.39, 0.29) is 11.3 Å². The molecule has 0 bridgehead atoms. The highest BCUT2D eigenvalue weighted by Crippen LogP contribution is 2.21. The van der Waals surface area contributed by atoms with Crippen molar-refractivity contribution in [3.8, 4) is 0 Å². The minimum atomic E-state index is -1.11. The Balaban J connectivity index is 3.04. The predicted molar refractivity (Wildman–Crippen MR) is 63.4 cm³/mol. The molecule has 0 heterocycles. The summed E-state index contributed by atoms with van der Waals surface area (Å²) in [5.74, 6) is -1.54. The average Bonchev–Trinajstić information content (AvgIpc) is 2.20. The summed E-state index contributed by atoms with van der Waals surface area (Å²) in [6.45, 7) is 1.52. The van der Waals surface area contributed by atoms with Crippen LogP contribution in [-0.4, -0.2) is 23.0 Å². The van der Waals surface area contributed by atoms with Gasteiger partial charge in [0.05, 0.1) is 17.3 Å². The summed E-state index contributed by atoms with van der Waals surface area (Å²) in [6.07, 6.45) is 0. The quantitative estimate of drug-likeness (QED) is 0.784. The van der Waals surface area contributed by atoms with E-state index in [9.17, 15) is 9.59 Å². The number of carbonyl (C=O) groups excluding carboxylic acids is 1. The van der Waals surface area contributed by atoms with Gasteiger partial charge in [-0.2, -0.15) is 0 Å². The number of hydrogen-bond acceptors (Lipinski definition) is 3. The molecule has 0 radical (unpaired) electrons. The highest BCUT2D eigenvalue weighted by atomic mass is 79.9. The van der Waals surface area contributed by atoms with Gasteiger partial charge in [0.15, 0.2) is 0 Å². The van der Waals surface area contributed by atoms with Crippen molar-refractivity contribution < 1.29 is 14.7 Å². The van der Waals surface area contributed by atoms with Gasteiger partial charge in [-0.25, -0.2) is 4.79 Å². The van der Waals surface area contributed by atoms with Gasteiger partial charge in [-0.3, -0.25) is 4.79 Å². The van der Waals surface area contributed by atoms with E-state index in [1.807, 2.05) is 0 Å². The molecule has 0 unspecified atom stereocenters. The standard InChI is InChI=1S/C10H11BrN2O3/c1-5(12)9(14)13-8-3-2-6(11)4-7(8)10(15)16/h2-5H,12H2,1H3,(H,13,14)(H,15,16)/t5-/m1/s1. The predicted octanol–water partition coefficient (Wildman–Crippen LogP) is 1.43. The van der Waals surface area contributed by atoms with Crippen LogP contribution in [0.4, 0.5) is 5.69 Å². The minimum Gasteiger partial charge on any atom is -0.478 e. The number of hydrogen-bond donors (Lipinski definition) is 3. The molecular weight excluding hydrogens is 276 g/mol. The zero-order valence-electron chi connectivity index (χ0n) is 8.53. The van der Waals surface area contributed by atoms with Crippen LogP contribution in [-0.2, 0) is 4.79 Å². The number of carbonyl (C=O) groups is 2. The molecule has 5 nitrogen and oxygen atoms in total. The van der Waals surface area contributed by atoms with E-state index in [1.165, 1.54) is 19.1 Å². The van der Waals surface area contributed by atoms with Crippen LogP contribution in [0.15, 0.2) is 22.7 Å². The number of nitrogens with two attached hydrogens (primary N) is 1. The van der Waals surface area contributed by atoms with Crippen LogP contribution in [0.2, 0.25) is 0 Å². The zero-order chi connectivity index (χ0) is 12.3. The Bertz CT molecular complexity index is 432. The summed E-state index contributed by atoms with van der Waals surface area (Å²) in [7, 11) is 0. The Labute approximate surface area is 101 Å². The second-order valence-electron chi connectivity index (χ2n) is 3.27. The Morgan fingerprint density at radius 1 is 1.50 bits per heavy atom. The Kier molecular flexibility index (Phi) is 4.03. The smallest absolute Gasteiger partial charge is 0.337 e. The van der Waals surface area contributed by atoms with E-state index in [0.29, 0.717) is 4.47 Å². The Morgan fingerprint density at radius 2 is 2.12 bits per heavy atom. The van der Waals surface area contributed by atoms with Gasteiger partial charge in [-0.05, 0) is 25.1 Å². The van der Waals surface area contributed by atoms with Crippen LogP contribution in [0, 0.1) is 0 Å². The fourth-order valence-electron chi connectivity index (χ4n) is 1.05. The molecule has 0 aliphatic carbocycles. The molecule has 0 fully saturated rings. The van der Waals surface area contributed by atoms with Crippen molar-refractivity contribution in [2.45, 2.75) is 13.0 Å². The number of aromatic carboxylic acids is 1. The van der Waals surface area contributed by atoms with Gasteiger partial charge in [-0.15, -0.1) is 0 Å². The maximum absolute atomic E-state index is 11.3. The van der Waals surface area contributed by atoms with Gasteiger partial charge in [-0.1, -0.05) is 15.9 Å². The molecule has 0 aliphatic heterocycles. The van der Waals surface area contributed by atoms with Crippen LogP contribution in [0.3, 0.4) is 0 Å². The van der Waals surface area contributed by atoms with Crippen molar-refractivity contribution in [3.63, 3.8) is 0 Å². The molecule has 6 heteroatoms. The number of amides is 1. The second-order valence-corrected chi connectivity index (χ2v) is 4.19. The molecule has 1 aromatic rings. The SMILES string of the molecule is C[C@@H](N)C(=O)Nc1ccc(Br)cc1C(=O)O. The summed E-state index contributed by atoms with van der Waals surface area (Å²) in [6, 6.07) is 3.88. The number of carboxylic acids is 1. The molecule has 1 aromatic carbocycles. The van der Waals surface area contributed by atoms with Crippen molar-refractivity contribution >= 4 is 33.5 Å². The van der Waals surface area contributed by atoms with Crippen molar-refractivity contribution in [2.75, 3.05) is 5.32 Å². The third-order valence-corrected chi connectivity index (χ3v) is 2.38. The number of carboxylic acid groups (broad SMARTS) is 1. The number of anilines is 1. The molecule has 0 saturated carbocycles. The fourth-order valence-corrected chi connectivity index (χ4v) is 1.41. The topological polar surface area (TPSA) is 92.4 Å². The zero-order valence-corrected chi connectivity index (χ0v) is 10.1. The first-order chi connectivity index (χ1) is 7.41. The number of nitrogens with one attached hydrogen (secondary N) is 1. The van der Waals surface area contributed by atoms with Gasteiger partial charge in [0, 0.05) is 4.47 Å². The molecular formula is C10H11BrN2O3. The maximum atomic E-state index is 11.3. The fraction of sp³-hybridized carbons (Fsp3) is 0.200. The van der Waals surface area contributed by atoms with E-state index >= 15 is 0 Å². The Hall–Kier alpha value is -1.40. The summed E-state index contributed by atoms with van der Waals surface area (Å²) in [4.78, 5) is 22.3. The summed E-state index contributed by atoms with van der Waals surface area (Å²) >= 11 is 3.16. The first-order valence-corrected chi connectivity index (χ1v) is 5.30. The van der Waals surface area contributed by atoms with Gasteiger partial charge >= 0.3 is 5.97 Å². The lowest BCUT2D eigenvalue weighted by atomic mass is 10.1. The normalized spacial score (nSPS) is 11.9. The van der Waals surface area contributed by atoms with Crippen LogP contribution >= 0.6 is 15.9 Å². The number of benzene rings is 1. The van der Waals surface area contributed by atoms with Crippen molar-refractivity contribution in [2.24, 2.45) is 5.73 Å². The van der Waals surface area contributed by atoms with Crippen LogP contribution in [0.1, 0.15) is 17.3 Å².